The van der Waals surface area contributed by atoms with E-state index in [1.807, 2.05) is 24.3 Å². The van der Waals surface area contributed by atoms with Gasteiger partial charge in [-0.15, -0.1) is 0 Å². The lowest BCUT2D eigenvalue weighted by Gasteiger charge is -2.28. The summed E-state index contributed by atoms with van der Waals surface area (Å²) in [6.07, 6.45) is 7.52. The van der Waals surface area contributed by atoms with Crippen LogP contribution in [0.4, 0.5) is 22.7 Å². The minimum atomic E-state index is -0.477. The zero-order valence-corrected chi connectivity index (χ0v) is 19.8. The van der Waals surface area contributed by atoms with Gasteiger partial charge in [-0.2, -0.15) is 0 Å². The molecule has 6 nitrogen and oxygen atoms in total. The Bertz CT molecular complexity index is 952. The van der Waals surface area contributed by atoms with Crippen molar-refractivity contribution in [2.24, 2.45) is 11.8 Å². The third-order valence-electron chi connectivity index (χ3n) is 7.30. The molecule has 3 aliphatic rings. The maximum Gasteiger partial charge on any atom is 0.232 e. The van der Waals surface area contributed by atoms with Crippen molar-refractivity contribution < 1.29 is 9.59 Å². The second-order valence-electron chi connectivity index (χ2n) is 9.70. The summed E-state index contributed by atoms with van der Waals surface area (Å²) >= 11 is 0. The molecule has 178 valence electrons. The van der Waals surface area contributed by atoms with Gasteiger partial charge in [0.25, 0.3) is 0 Å². The molecule has 2 aromatic rings. The SMILES string of the molecule is C=C1[C@@H](C(=O)Nc2ccc(N3CCCCC3)cc2)[C@@H]1C(=O)Nc1ccc(N2CCCCC2)cc1. The predicted octanol–water partition coefficient (Wildman–Crippen LogP) is 5.05. The van der Waals surface area contributed by atoms with E-state index in [0.29, 0.717) is 5.57 Å². The van der Waals surface area contributed by atoms with Crippen molar-refractivity contribution in [1.29, 1.82) is 0 Å². The Kier molecular flexibility index (Phi) is 6.57. The standard InChI is InChI=1S/C28H34N4O2/c1-20-25(27(33)29-21-8-12-23(13-9-21)31-16-4-2-5-17-31)26(20)28(34)30-22-10-14-24(15-11-22)32-18-6-3-7-19-32/h8-15,25-26H,1-7,16-19H2,(H,29,33)(H,30,34)/t25-,26-/m1/s1. The van der Waals surface area contributed by atoms with Gasteiger partial charge in [-0.05, 0) is 87.1 Å². The van der Waals surface area contributed by atoms with Crippen LogP contribution >= 0.6 is 0 Å². The molecule has 2 amide bonds. The first-order chi connectivity index (χ1) is 16.6. The van der Waals surface area contributed by atoms with Crippen LogP contribution in [0.25, 0.3) is 0 Å². The fraction of sp³-hybridized carbons (Fsp3) is 0.429. The first kappa shape index (κ1) is 22.5. The molecule has 5 rings (SSSR count). The molecule has 0 radical (unpaired) electrons. The van der Waals surface area contributed by atoms with E-state index in [-0.39, 0.29) is 11.8 Å². The van der Waals surface area contributed by atoms with Gasteiger partial charge in [0.05, 0.1) is 11.8 Å². The predicted molar refractivity (Wildman–Crippen MR) is 138 cm³/mol. The molecule has 1 aliphatic carbocycles. The van der Waals surface area contributed by atoms with Crippen LogP contribution < -0.4 is 20.4 Å². The molecule has 2 N–H and O–H groups in total. The maximum absolute atomic E-state index is 12.8. The molecular weight excluding hydrogens is 424 g/mol. The molecule has 1 saturated carbocycles. The highest BCUT2D eigenvalue weighted by Crippen LogP contribution is 2.45. The number of anilines is 4. The van der Waals surface area contributed by atoms with E-state index in [1.165, 1.54) is 49.9 Å². The Balaban J connectivity index is 1.13. The van der Waals surface area contributed by atoms with E-state index >= 15 is 0 Å². The van der Waals surface area contributed by atoms with Gasteiger partial charge in [0, 0.05) is 48.9 Å². The third-order valence-corrected chi connectivity index (χ3v) is 7.30. The molecule has 6 heteroatoms. The summed E-state index contributed by atoms with van der Waals surface area (Å²) < 4.78 is 0. The number of hydrogen-bond acceptors (Lipinski definition) is 4. The van der Waals surface area contributed by atoms with E-state index in [1.54, 1.807) is 0 Å². The summed E-state index contributed by atoms with van der Waals surface area (Å²) in [7, 11) is 0. The van der Waals surface area contributed by atoms with Gasteiger partial charge in [0.1, 0.15) is 0 Å². The van der Waals surface area contributed by atoms with Gasteiger partial charge in [-0.25, -0.2) is 0 Å². The number of amides is 2. The molecular formula is C28H34N4O2. The van der Waals surface area contributed by atoms with Gasteiger partial charge in [0.2, 0.25) is 11.8 Å². The van der Waals surface area contributed by atoms with Crippen LogP contribution in [0, 0.1) is 11.8 Å². The summed E-state index contributed by atoms with van der Waals surface area (Å²) in [5.74, 6) is -1.29. The number of rotatable bonds is 6. The number of piperidine rings is 2. The lowest BCUT2D eigenvalue weighted by molar-refractivity contribution is -0.122. The van der Waals surface area contributed by atoms with Crippen LogP contribution in [-0.4, -0.2) is 38.0 Å². The van der Waals surface area contributed by atoms with Gasteiger partial charge in [-0.3, -0.25) is 9.59 Å². The summed E-state index contributed by atoms with van der Waals surface area (Å²) in [6.45, 7) is 8.33. The average Bonchev–Trinajstić information content (AvgIpc) is 3.57. The Labute approximate surface area is 202 Å². The van der Waals surface area contributed by atoms with E-state index in [2.05, 4.69) is 51.3 Å². The molecule has 0 bridgehead atoms. The van der Waals surface area contributed by atoms with Crippen LogP contribution in [0.3, 0.4) is 0 Å². The van der Waals surface area contributed by atoms with Crippen LogP contribution in [0.15, 0.2) is 60.7 Å². The summed E-state index contributed by atoms with van der Waals surface area (Å²) in [5.41, 5.74) is 4.55. The Morgan fingerprint density at radius 3 is 1.32 bits per heavy atom. The van der Waals surface area contributed by atoms with Crippen molar-refractivity contribution in [3.05, 3.63) is 60.7 Å². The third kappa shape index (κ3) is 4.96. The van der Waals surface area contributed by atoms with Crippen molar-refractivity contribution in [2.45, 2.75) is 38.5 Å². The quantitative estimate of drug-likeness (QED) is 0.595. The second kappa shape index (κ2) is 9.92. The van der Waals surface area contributed by atoms with Gasteiger partial charge in [-0.1, -0.05) is 12.2 Å². The molecule has 2 atom stereocenters. The minimum Gasteiger partial charge on any atom is -0.372 e. The number of benzene rings is 2. The molecule has 0 unspecified atom stereocenters. The van der Waals surface area contributed by atoms with Crippen molar-refractivity contribution >= 4 is 34.6 Å². The highest BCUT2D eigenvalue weighted by Gasteiger charge is 2.52. The fourth-order valence-electron chi connectivity index (χ4n) is 5.21. The van der Waals surface area contributed by atoms with Crippen LogP contribution in [-0.2, 0) is 9.59 Å². The van der Waals surface area contributed by atoms with Crippen molar-refractivity contribution in [1.82, 2.24) is 0 Å². The molecule has 0 spiro atoms. The summed E-state index contributed by atoms with van der Waals surface area (Å²) in [4.78, 5) is 30.4. The van der Waals surface area contributed by atoms with Crippen LogP contribution in [0.2, 0.25) is 0 Å². The molecule has 2 aromatic carbocycles. The van der Waals surface area contributed by atoms with Gasteiger partial charge < -0.3 is 20.4 Å². The molecule has 3 fully saturated rings. The average molecular weight is 459 g/mol. The highest BCUT2D eigenvalue weighted by atomic mass is 16.2. The zero-order chi connectivity index (χ0) is 23.5. The topological polar surface area (TPSA) is 64.7 Å². The first-order valence-corrected chi connectivity index (χ1v) is 12.6. The first-order valence-electron chi connectivity index (χ1n) is 12.6. The van der Waals surface area contributed by atoms with Crippen LogP contribution in [0.1, 0.15) is 38.5 Å². The number of carbonyl (C=O) groups excluding carboxylic acids is 2. The Morgan fingerprint density at radius 1 is 0.618 bits per heavy atom. The number of carbonyl (C=O) groups is 2. The van der Waals surface area contributed by atoms with Gasteiger partial charge in [0.15, 0.2) is 0 Å². The molecule has 2 heterocycles. The van der Waals surface area contributed by atoms with Crippen molar-refractivity contribution in [2.75, 3.05) is 46.6 Å². The van der Waals surface area contributed by atoms with E-state index in [4.69, 9.17) is 0 Å². The number of nitrogens with one attached hydrogen (secondary N) is 2. The normalized spacial score (nSPS) is 22.3. The highest BCUT2D eigenvalue weighted by molar-refractivity contribution is 6.08. The second-order valence-corrected chi connectivity index (χ2v) is 9.70. The molecule has 2 aliphatic heterocycles. The summed E-state index contributed by atoms with van der Waals surface area (Å²) in [5, 5.41) is 5.91. The Morgan fingerprint density at radius 2 is 0.971 bits per heavy atom. The van der Waals surface area contributed by atoms with Gasteiger partial charge >= 0.3 is 0 Å². The largest absolute Gasteiger partial charge is 0.372 e. The minimum absolute atomic E-state index is 0.170. The smallest absolute Gasteiger partial charge is 0.232 e. The fourth-order valence-corrected chi connectivity index (χ4v) is 5.21. The van der Waals surface area contributed by atoms with Crippen molar-refractivity contribution in [3.63, 3.8) is 0 Å². The monoisotopic (exact) mass is 458 g/mol. The maximum atomic E-state index is 12.8. The lowest BCUT2D eigenvalue weighted by Crippen LogP contribution is -2.29. The van der Waals surface area contributed by atoms with E-state index < -0.39 is 11.8 Å². The lowest BCUT2D eigenvalue weighted by atomic mass is 10.1. The number of hydrogen-bond donors (Lipinski definition) is 2. The molecule has 2 saturated heterocycles. The Hall–Kier alpha value is -3.28. The molecule has 0 aromatic heterocycles. The van der Waals surface area contributed by atoms with Crippen LogP contribution in [0.5, 0.6) is 0 Å². The van der Waals surface area contributed by atoms with Crippen molar-refractivity contribution in [3.8, 4) is 0 Å². The summed E-state index contributed by atoms with van der Waals surface area (Å²) in [6, 6.07) is 16.0. The van der Waals surface area contributed by atoms with E-state index in [0.717, 1.165) is 37.6 Å². The number of nitrogens with zero attached hydrogens (tertiary/aromatic N) is 2. The van der Waals surface area contributed by atoms with E-state index in [9.17, 15) is 9.59 Å². The molecule has 34 heavy (non-hydrogen) atoms. The zero-order valence-electron chi connectivity index (χ0n) is 19.8.